The van der Waals surface area contributed by atoms with Crippen molar-refractivity contribution in [3.05, 3.63) is 17.0 Å². The maximum atomic E-state index is 12.2. The molecule has 0 saturated heterocycles. The van der Waals surface area contributed by atoms with E-state index in [-0.39, 0.29) is 17.9 Å². The summed E-state index contributed by atoms with van der Waals surface area (Å²) >= 11 is 0. The van der Waals surface area contributed by atoms with E-state index >= 15 is 0 Å². The number of hydrogen-bond donors (Lipinski definition) is 2. The molecule has 1 aromatic heterocycles. The first-order valence-corrected chi connectivity index (χ1v) is 7.41. The Kier molecular flexibility index (Phi) is 4.81. The van der Waals surface area contributed by atoms with Gasteiger partial charge in [-0.25, -0.2) is 0 Å². The van der Waals surface area contributed by atoms with Crippen LogP contribution in [0.25, 0.3) is 0 Å². The summed E-state index contributed by atoms with van der Waals surface area (Å²) in [5.41, 5.74) is 3.17. The van der Waals surface area contributed by atoms with E-state index in [1.165, 1.54) is 0 Å². The van der Waals surface area contributed by atoms with Crippen molar-refractivity contribution < 1.29 is 9.90 Å². The lowest BCUT2D eigenvalue weighted by Gasteiger charge is -2.23. The highest BCUT2D eigenvalue weighted by Gasteiger charge is 2.27. The number of hydrogen-bond acceptors (Lipinski definition) is 3. The molecule has 1 aliphatic carbocycles. The minimum Gasteiger partial charge on any atom is -0.393 e. The molecule has 0 bridgehead atoms. The number of aryl methyl sites for hydroxylation is 2. The van der Waals surface area contributed by atoms with Crippen molar-refractivity contribution in [2.45, 2.75) is 52.1 Å². The van der Waals surface area contributed by atoms with E-state index in [1.807, 2.05) is 20.9 Å². The van der Waals surface area contributed by atoms with Crippen LogP contribution in [0.5, 0.6) is 0 Å². The Morgan fingerprint density at radius 1 is 1.45 bits per heavy atom. The molecular weight excluding hydrogens is 254 g/mol. The number of aromatic amines is 1. The third kappa shape index (κ3) is 3.39. The fourth-order valence-electron chi connectivity index (χ4n) is 3.05. The van der Waals surface area contributed by atoms with Crippen molar-refractivity contribution in [2.75, 3.05) is 13.6 Å². The van der Waals surface area contributed by atoms with Gasteiger partial charge in [-0.3, -0.25) is 9.89 Å². The predicted octanol–water partition coefficient (Wildman–Crippen LogP) is 1.58. The minimum atomic E-state index is -0.233. The minimum absolute atomic E-state index is 0.143. The zero-order chi connectivity index (χ0) is 14.7. The summed E-state index contributed by atoms with van der Waals surface area (Å²) in [6.45, 7) is 4.61. The first-order chi connectivity index (χ1) is 9.49. The van der Waals surface area contributed by atoms with Crippen molar-refractivity contribution in [2.24, 2.45) is 5.92 Å². The van der Waals surface area contributed by atoms with Crippen LogP contribution in [0.1, 0.15) is 42.6 Å². The van der Waals surface area contributed by atoms with Crippen LogP contribution >= 0.6 is 0 Å². The highest BCUT2D eigenvalue weighted by molar-refractivity contribution is 5.76. The summed E-state index contributed by atoms with van der Waals surface area (Å²) in [4.78, 5) is 13.9. The van der Waals surface area contributed by atoms with Crippen LogP contribution in [0.2, 0.25) is 0 Å². The number of rotatable bonds is 5. The fourth-order valence-corrected chi connectivity index (χ4v) is 3.05. The zero-order valence-corrected chi connectivity index (χ0v) is 12.6. The Hall–Kier alpha value is -1.36. The molecule has 1 aliphatic rings. The molecule has 1 heterocycles. The molecule has 1 aromatic rings. The van der Waals surface area contributed by atoms with Gasteiger partial charge < -0.3 is 10.0 Å². The molecule has 0 spiro atoms. The third-order valence-electron chi connectivity index (χ3n) is 4.42. The highest BCUT2D eigenvalue weighted by Crippen LogP contribution is 2.26. The summed E-state index contributed by atoms with van der Waals surface area (Å²) < 4.78 is 0. The van der Waals surface area contributed by atoms with Gasteiger partial charge in [0.25, 0.3) is 0 Å². The van der Waals surface area contributed by atoms with Crippen molar-refractivity contribution in [3.8, 4) is 0 Å². The maximum Gasteiger partial charge on any atom is 0.222 e. The maximum absolute atomic E-state index is 12.2. The van der Waals surface area contributed by atoms with Crippen molar-refractivity contribution in [3.63, 3.8) is 0 Å². The zero-order valence-electron chi connectivity index (χ0n) is 12.6. The Bertz CT molecular complexity index is 450. The van der Waals surface area contributed by atoms with E-state index in [0.29, 0.717) is 13.0 Å². The fraction of sp³-hybridized carbons (Fsp3) is 0.733. The van der Waals surface area contributed by atoms with Gasteiger partial charge in [0.2, 0.25) is 5.91 Å². The lowest BCUT2D eigenvalue weighted by Crippen LogP contribution is -2.34. The van der Waals surface area contributed by atoms with Crippen molar-refractivity contribution >= 4 is 5.91 Å². The number of H-pyrrole nitrogens is 1. The third-order valence-corrected chi connectivity index (χ3v) is 4.42. The number of nitrogens with one attached hydrogen (secondary N) is 1. The van der Waals surface area contributed by atoms with Gasteiger partial charge in [0.15, 0.2) is 0 Å². The van der Waals surface area contributed by atoms with E-state index in [9.17, 15) is 9.90 Å². The molecule has 5 heteroatoms. The second-order valence-corrected chi connectivity index (χ2v) is 5.95. The lowest BCUT2D eigenvalue weighted by atomic mass is 10.0. The van der Waals surface area contributed by atoms with Gasteiger partial charge in [-0.2, -0.15) is 5.10 Å². The molecule has 0 aliphatic heterocycles. The van der Waals surface area contributed by atoms with Gasteiger partial charge in [0, 0.05) is 31.6 Å². The van der Waals surface area contributed by atoms with Crippen LogP contribution in [-0.4, -0.2) is 45.8 Å². The number of amides is 1. The second kappa shape index (κ2) is 6.39. The number of aromatic nitrogens is 2. The molecule has 1 saturated carbocycles. The molecule has 1 amide bonds. The van der Waals surface area contributed by atoms with E-state index in [4.69, 9.17) is 0 Å². The number of aliphatic hydroxyl groups excluding tert-OH is 1. The Labute approximate surface area is 120 Å². The van der Waals surface area contributed by atoms with Crippen LogP contribution < -0.4 is 0 Å². The predicted molar refractivity (Wildman–Crippen MR) is 77.4 cm³/mol. The molecule has 20 heavy (non-hydrogen) atoms. The standard InChI is InChI=1S/C15H25N3O2/c1-10-13(11(2)17-16-10)7-8-15(20)18(3)9-12-5-4-6-14(12)19/h12,14,19H,4-9H2,1-3H3,(H,16,17). The number of carbonyl (C=O) groups is 1. The quantitative estimate of drug-likeness (QED) is 0.859. The monoisotopic (exact) mass is 279 g/mol. The molecule has 2 N–H and O–H groups in total. The van der Waals surface area contributed by atoms with Gasteiger partial charge in [0.1, 0.15) is 0 Å². The lowest BCUT2D eigenvalue weighted by molar-refractivity contribution is -0.130. The SMILES string of the molecule is Cc1n[nH]c(C)c1CCC(=O)N(C)CC1CCCC1O. The summed E-state index contributed by atoms with van der Waals surface area (Å²) in [5, 5.41) is 16.9. The van der Waals surface area contributed by atoms with Crippen LogP contribution in [-0.2, 0) is 11.2 Å². The molecule has 5 nitrogen and oxygen atoms in total. The Morgan fingerprint density at radius 3 is 2.75 bits per heavy atom. The van der Waals surface area contributed by atoms with Crippen molar-refractivity contribution in [1.82, 2.24) is 15.1 Å². The van der Waals surface area contributed by atoms with Crippen LogP contribution in [0.15, 0.2) is 0 Å². The topological polar surface area (TPSA) is 69.2 Å². The molecule has 2 rings (SSSR count). The van der Waals surface area contributed by atoms with Crippen LogP contribution in [0.3, 0.4) is 0 Å². The summed E-state index contributed by atoms with van der Waals surface area (Å²) in [5.74, 6) is 0.394. The van der Waals surface area contributed by atoms with Gasteiger partial charge in [-0.05, 0) is 38.7 Å². The number of aliphatic hydroxyl groups is 1. The first-order valence-electron chi connectivity index (χ1n) is 7.41. The van der Waals surface area contributed by atoms with E-state index in [0.717, 1.165) is 42.6 Å². The Morgan fingerprint density at radius 2 is 2.20 bits per heavy atom. The second-order valence-electron chi connectivity index (χ2n) is 5.95. The van der Waals surface area contributed by atoms with Gasteiger partial charge in [0.05, 0.1) is 11.8 Å². The molecule has 2 atom stereocenters. The summed E-state index contributed by atoms with van der Waals surface area (Å²) in [7, 11) is 1.84. The molecule has 1 fully saturated rings. The van der Waals surface area contributed by atoms with Crippen molar-refractivity contribution in [1.29, 1.82) is 0 Å². The number of nitrogens with zero attached hydrogens (tertiary/aromatic N) is 2. The van der Waals surface area contributed by atoms with E-state index < -0.39 is 0 Å². The first kappa shape index (κ1) is 15.0. The molecule has 112 valence electrons. The number of carbonyl (C=O) groups excluding carboxylic acids is 1. The smallest absolute Gasteiger partial charge is 0.222 e. The van der Waals surface area contributed by atoms with Gasteiger partial charge >= 0.3 is 0 Å². The summed E-state index contributed by atoms with van der Waals surface area (Å²) in [6.07, 6.45) is 3.97. The highest BCUT2D eigenvalue weighted by atomic mass is 16.3. The van der Waals surface area contributed by atoms with Gasteiger partial charge in [-0.1, -0.05) is 6.42 Å². The largest absolute Gasteiger partial charge is 0.393 e. The normalized spacial score (nSPS) is 22.2. The van der Waals surface area contributed by atoms with E-state index in [1.54, 1.807) is 4.90 Å². The molecule has 0 radical (unpaired) electrons. The van der Waals surface area contributed by atoms with Gasteiger partial charge in [-0.15, -0.1) is 0 Å². The van der Waals surface area contributed by atoms with E-state index in [2.05, 4.69) is 10.2 Å². The molecule has 2 unspecified atom stereocenters. The average molecular weight is 279 g/mol. The Balaban J connectivity index is 1.82. The van der Waals surface area contributed by atoms with Crippen LogP contribution in [0.4, 0.5) is 0 Å². The summed E-state index contributed by atoms with van der Waals surface area (Å²) in [6, 6.07) is 0. The van der Waals surface area contributed by atoms with Crippen LogP contribution in [0, 0.1) is 19.8 Å². The average Bonchev–Trinajstić information content (AvgIpc) is 2.95. The molecule has 0 aromatic carbocycles. The molecular formula is C15H25N3O2.